The quantitative estimate of drug-likeness (QED) is 0.723. The van der Waals surface area contributed by atoms with Gasteiger partial charge in [0, 0.05) is 6.54 Å². The van der Waals surface area contributed by atoms with E-state index in [9.17, 15) is 9.90 Å². The Kier molecular flexibility index (Phi) is 3.78. The molecule has 1 heterocycles. The summed E-state index contributed by atoms with van der Waals surface area (Å²) in [6, 6.07) is 0. The van der Waals surface area contributed by atoms with Crippen LogP contribution >= 0.6 is 0 Å². The van der Waals surface area contributed by atoms with Gasteiger partial charge in [-0.3, -0.25) is 4.98 Å². The van der Waals surface area contributed by atoms with Gasteiger partial charge in [0.1, 0.15) is 5.82 Å². The fraction of sp³-hybridized carbons (Fsp3) is 0.500. The van der Waals surface area contributed by atoms with Crippen molar-refractivity contribution in [3.63, 3.8) is 0 Å². The zero-order chi connectivity index (χ0) is 12.2. The molecule has 2 N–H and O–H groups in total. The van der Waals surface area contributed by atoms with Crippen molar-refractivity contribution in [3.05, 3.63) is 18.1 Å². The molecule has 1 aromatic heterocycles. The van der Waals surface area contributed by atoms with Crippen molar-refractivity contribution in [2.45, 2.75) is 19.4 Å². The number of hydrogen-bond donors (Lipinski definition) is 2. The Bertz CT molecular complexity index is 374. The lowest BCUT2D eigenvalue weighted by Crippen LogP contribution is -2.29. The van der Waals surface area contributed by atoms with Crippen LogP contribution < -0.4 is 5.32 Å². The van der Waals surface area contributed by atoms with Gasteiger partial charge in [0.2, 0.25) is 0 Å². The first-order chi connectivity index (χ1) is 7.42. The van der Waals surface area contributed by atoms with Crippen molar-refractivity contribution in [3.8, 4) is 0 Å². The second-order valence-corrected chi connectivity index (χ2v) is 3.95. The van der Waals surface area contributed by atoms with Gasteiger partial charge in [-0.2, -0.15) is 0 Å². The number of anilines is 1. The summed E-state index contributed by atoms with van der Waals surface area (Å²) in [6.45, 7) is 3.64. The monoisotopic (exact) mass is 225 g/mol. The number of carbonyl (C=O) groups is 1. The molecule has 0 aliphatic rings. The molecule has 0 saturated heterocycles. The first kappa shape index (κ1) is 12.4. The Hall–Kier alpha value is -1.69. The van der Waals surface area contributed by atoms with Crippen LogP contribution in [0.1, 0.15) is 24.3 Å². The van der Waals surface area contributed by atoms with Crippen LogP contribution in [0.4, 0.5) is 5.82 Å². The highest BCUT2D eigenvalue weighted by molar-refractivity contribution is 5.87. The van der Waals surface area contributed by atoms with Crippen molar-refractivity contribution in [1.29, 1.82) is 0 Å². The summed E-state index contributed by atoms with van der Waals surface area (Å²) in [5, 5.41) is 12.4. The average Bonchev–Trinajstić information content (AvgIpc) is 2.25. The van der Waals surface area contributed by atoms with Crippen LogP contribution in [-0.4, -0.2) is 40.3 Å². The van der Waals surface area contributed by atoms with E-state index < -0.39 is 11.6 Å². The lowest BCUT2D eigenvalue weighted by Gasteiger charge is -2.17. The predicted molar refractivity (Wildman–Crippen MR) is 58.2 cm³/mol. The molecule has 6 nitrogen and oxygen atoms in total. The van der Waals surface area contributed by atoms with Crippen LogP contribution in [0, 0.1) is 0 Å². The van der Waals surface area contributed by atoms with Gasteiger partial charge < -0.3 is 15.2 Å². The molecule has 0 saturated carbocycles. The normalized spacial score (nSPS) is 11.0. The van der Waals surface area contributed by atoms with Crippen LogP contribution in [0.25, 0.3) is 0 Å². The summed E-state index contributed by atoms with van der Waals surface area (Å²) in [7, 11) is 1.28. The molecule has 1 rings (SSSR count). The summed E-state index contributed by atoms with van der Waals surface area (Å²) in [6.07, 6.45) is 2.79. The molecule has 0 fully saturated rings. The fourth-order valence-electron chi connectivity index (χ4n) is 0.961. The molecule has 1 aromatic rings. The molecule has 0 radical (unpaired) electrons. The molecule has 0 aromatic carbocycles. The number of methoxy groups -OCH3 is 1. The standard InChI is InChI=1S/C10H15N3O3/c1-10(2,15)6-12-8-5-11-4-7(13-8)9(14)16-3/h4-5,15H,6H2,1-3H3,(H,12,13). The first-order valence-electron chi connectivity index (χ1n) is 4.79. The van der Waals surface area contributed by atoms with Crippen LogP contribution in [-0.2, 0) is 4.74 Å². The third-order valence-corrected chi connectivity index (χ3v) is 1.73. The van der Waals surface area contributed by atoms with E-state index in [1.54, 1.807) is 13.8 Å². The van der Waals surface area contributed by atoms with Crippen LogP contribution in [0.2, 0.25) is 0 Å². The molecule has 0 amide bonds. The van der Waals surface area contributed by atoms with Crippen molar-refractivity contribution in [2.24, 2.45) is 0 Å². The van der Waals surface area contributed by atoms with Gasteiger partial charge in [-0.05, 0) is 13.8 Å². The Morgan fingerprint density at radius 2 is 2.25 bits per heavy atom. The summed E-state index contributed by atoms with van der Waals surface area (Å²) < 4.78 is 4.52. The SMILES string of the molecule is COC(=O)c1cncc(NCC(C)(C)O)n1. The minimum Gasteiger partial charge on any atom is -0.464 e. The van der Waals surface area contributed by atoms with E-state index in [1.165, 1.54) is 19.5 Å². The van der Waals surface area contributed by atoms with E-state index >= 15 is 0 Å². The van der Waals surface area contributed by atoms with Crippen molar-refractivity contribution >= 4 is 11.8 Å². The number of nitrogens with one attached hydrogen (secondary N) is 1. The van der Waals surface area contributed by atoms with E-state index in [-0.39, 0.29) is 5.69 Å². The molecular formula is C10H15N3O3. The van der Waals surface area contributed by atoms with Gasteiger partial charge in [-0.15, -0.1) is 0 Å². The smallest absolute Gasteiger partial charge is 0.358 e. The highest BCUT2D eigenvalue weighted by Gasteiger charge is 2.13. The van der Waals surface area contributed by atoms with Crippen LogP contribution in [0.5, 0.6) is 0 Å². The summed E-state index contributed by atoms with van der Waals surface area (Å²) in [5.41, 5.74) is -0.730. The van der Waals surface area contributed by atoms with E-state index in [1.807, 2.05) is 0 Å². The molecule has 0 unspecified atom stereocenters. The summed E-state index contributed by atoms with van der Waals surface area (Å²) >= 11 is 0. The Morgan fingerprint density at radius 1 is 1.56 bits per heavy atom. The highest BCUT2D eigenvalue weighted by atomic mass is 16.5. The minimum absolute atomic E-state index is 0.128. The lowest BCUT2D eigenvalue weighted by molar-refractivity contribution is 0.0593. The van der Waals surface area contributed by atoms with E-state index in [4.69, 9.17) is 0 Å². The number of aromatic nitrogens is 2. The number of aliphatic hydroxyl groups is 1. The van der Waals surface area contributed by atoms with Gasteiger partial charge in [0.25, 0.3) is 0 Å². The minimum atomic E-state index is -0.858. The molecule has 0 spiro atoms. The van der Waals surface area contributed by atoms with Crippen LogP contribution in [0.3, 0.4) is 0 Å². The molecule has 0 bridgehead atoms. The number of hydrogen-bond acceptors (Lipinski definition) is 6. The first-order valence-corrected chi connectivity index (χ1v) is 4.79. The number of ether oxygens (including phenoxy) is 1. The van der Waals surface area contributed by atoms with Gasteiger partial charge in [-0.1, -0.05) is 0 Å². The number of nitrogens with zero attached hydrogens (tertiary/aromatic N) is 2. The van der Waals surface area contributed by atoms with Gasteiger partial charge in [0.05, 0.1) is 25.1 Å². The maximum Gasteiger partial charge on any atom is 0.358 e. The third-order valence-electron chi connectivity index (χ3n) is 1.73. The van der Waals surface area contributed by atoms with Gasteiger partial charge in [-0.25, -0.2) is 9.78 Å². The Morgan fingerprint density at radius 3 is 2.81 bits per heavy atom. The third kappa shape index (κ3) is 3.82. The van der Waals surface area contributed by atoms with E-state index in [0.717, 1.165) is 0 Å². The summed E-state index contributed by atoms with van der Waals surface area (Å²) in [5.74, 6) is -0.121. The average molecular weight is 225 g/mol. The van der Waals surface area contributed by atoms with E-state index in [2.05, 4.69) is 20.0 Å². The zero-order valence-electron chi connectivity index (χ0n) is 9.52. The molecule has 16 heavy (non-hydrogen) atoms. The zero-order valence-corrected chi connectivity index (χ0v) is 9.52. The number of carbonyl (C=O) groups excluding carboxylic acids is 1. The molecule has 0 aliphatic carbocycles. The fourth-order valence-corrected chi connectivity index (χ4v) is 0.961. The van der Waals surface area contributed by atoms with Crippen molar-refractivity contribution in [2.75, 3.05) is 19.0 Å². The largest absolute Gasteiger partial charge is 0.464 e. The Balaban J connectivity index is 2.71. The van der Waals surface area contributed by atoms with Crippen molar-refractivity contribution < 1.29 is 14.6 Å². The predicted octanol–water partition coefficient (Wildman–Crippen LogP) is 0.446. The molecule has 0 aliphatic heterocycles. The van der Waals surface area contributed by atoms with Crippen LogP contribution in [0.15, 0.2) is 12.4 Å². The summed E-state index contributed by atoms with van der Waals surface area (Å²) in [4.78, 5) is 19.0. The maximum atomic E-state index is 11.2. The van der Waals surface area contributed by atoms with Crippen molar-refractivity contribution in [1.82, 2.24) is 9.97 Å². The second kappa shape index (κ2) is 4.89. The van der Waals surface area contributed by atoms with E-state index in [0.29, 0.717) is 12.4 Å². The molecule has 88 valence electrons. The van der Waals surface area contributed by atoms with Gasteiger partial charge in [0.15, 0.2) is 5.69 Å². The number of esters is 1. The molecular weight excluding hydrogens is 210 g/mol. The van der Waals surface area contributed by atoms with Gasteiger partial charge >= 0.3 is 5.97 Å². The highest BCUT2D eigenvalue weighted by Crippen LogP contribution is 2.06. The lowest BCUT2D eigenvalue weighted by atomic mass is 10.1. The molecule has 6 heteroatoms. The Labute approximate surface area is 93.7 Å². The molecule has 0 atom stereocenters. The maximum absolute atomic E-state index is 11.2. The number of rotatable bonds is 4. The second-order valence-electron chi connectivity index (χ2n) is 3.95. The topological polar surface area (TPSA) is 84.3 Å².